The molecule has 0 unspecified atom stereocenters. The maximum atomic E-state index is 13.7. The van der Waals surface area contributed by atoms with Crippen molar-refractivity contribution in [1.29, 1.82) is 0 Å². The molecule has 2 N–H and O–H groups in total. The Morgan fingerprint density at radius 1 is 1.39 bits per heavy atom. The van der Waals surface area contributed by atoms with Crippen molar-refractivity contribution in [3.63, 3.8) is 0 Å². The van der Waals surface area contributed by atoms with Crippen LogP contribution in [0.3, 0.4) is 0 Å². The van der Waals surface area contributed by atoms with E-state index in [1.54, 1.807) is 18.2 Å². The fraction of sp³-hybridized carbons (Fsp3) is 0.231. The molecule has 0 atom stereocenters. The molecule has 1 aromatic heterocycles. The van der Waals surface area contributed by atoms with Crippen molar-refractivity contribution in [2.24, 2.45) is 0 Å². The van der Waals surface area contributed by atoms with Crippen molar-refractivity contribution in [1.82, 2.24) is 10.2 Å². The summed E-state index contributed by atoms with van der Waals surface area (Å²) in [5, 5.41) is 8.83. The van der Waals surface area contributed by atoms with Crippen molar-refractivity contribution in [2.45, 2.75) is 19.8 Å². The van der Waals surface area contributed by atoms with Gasteiger partial charge in [-0.3, -0.25) is 9.89 Å². The fourth-order valence-corrected chi connectivity index (χ4v) is 1.65. The van der Waals surface area contributed by atoms with Gasteiger partial charge in [0.1, 0.15) is 11.5 Å². The number of nitrogens with zero attached hydrogens (tertiary/aromatic N) is 1. The molecule has 0 saturated heterocycles. The Bertz CT molecular complexity index is 549. The molecule has 18 heavy (non-hydrogen) atoms. The number of anilines is 1. The van der Waals surface area contributed by atoms with Crippen molar-refractivity contribution >= 4 is 11.6 Å². The van der Waals surface area contributed by atoms with E-state index >= 15 is 0 Å². The summed E-state index contributed by atoms with van der Waals surface area (Å²) in [6.07, 6.45) is 1.48. The molecule has 0 bridgehead atoms. The molecule has 1 heterocycles. The van der Waals surface area contributed by atoms with Crippen LogP contribution in [0.4, 0.5) is 10.1 Å². The summed E-state index contributed by atoms with van der Waals surface area (Å²) in [6, 6.07) is 6.24. The van der Waals surface area contributed by atoms with Gasteiger partial charge in [-0.1, -0.05) is 19.9 Å². The number of H-pyrrole nitrogens is 1. The minimum absolute atomic E-state index is 0.113. The Morgan fingerprint density at radius 3 is 2.72 bits per heavy atom. The van der Waals surface area contributed by atoms with Gasteiger partial charge < -0.3 is 5.32 Å². The quantitative estimate of drug-likeness (QED) is 0.876. The van der Waals surface area contributed by atoms with Gasteiger partial charge in [0.15, 0.2) is 0 Å². The molecular weight excluding hydrogens is 233 g/mol. The van der Waals surface area contributed by atoms with E-state index in [0.717, 1.165) is 0 Å². The smallest absolute Gasteiger partial charge is 0.273 e. The first kappa shape index (κ1) is 12.3. The van der Waals surface area contributed by atoms with Gasteiger partial charge in [-0.25, -0.2) is 4.39 Å². The normalized spacial score (nSPS) is 10.7. The molecule has 0 fully saturated rings. The van der Waals surface area contributed by atoms with Crippen molar-refractivity contribution in [3.8, 4) is 0 Å². The predicted octanol–water partition coefficient (Wildman–Crippen LogP) is 2.92. The highest BCUT2D eigenvalue weighted by molar-refractivity contribution is 6.02. The van der Waals surface area contributed by atoms with Crippen LogP contribution in [-0.4, -0.2) is 16.1 Å². The van der Waals surface area contributed by atoms with Crippen LogP contribution in [0.5, 0.6) is 0 Å². The first-order valence-electron chi connectivity index (χ1n) is 5.68. The minimum atomic E-state index is -0.343. The van der Waals surface area contributed by atoms with Crippen LogP contribution in [0.2, 0.25) is 0 Å². The fourth-order valence-electron chi connectivity index (χ4n) is 1.65. The van der Waals surface area contributed by atoms with E-state index in [0.29, 0.717) is 16.9 Å². The van der Waals surface area contributed by atoms with Gasteiger partial charge >= 0.3 is 0 Å². The summed E-state index contributed by atoms with van der Waals surface area (Å²) in [7, 11) is 0. The summed E-state index contributed by atoms with van der Waals surface area (Å²) in [5.74, 6) is -0.543. The lowest BCUT2D eigenvalue weighted by Gasteiger charge is -2.09. The second kappa shape index (κ2) is 5.00. The Morgan fingerprint density at radius 2 is 2.17 bits per heavy atom. The van der Waals surface area contributed by atoms with Crippen molar-refractivity contribution in [2.75, 3.05) is 5.32 Å². The average molecular weight is 247 g/mol. The van der Waals surface area contributed by atoms with Crippen LogP contribution >= 0.6 is 0 Å². The molecule has 94 valence electrons. The molecular formula is C13H14FN3O. The lowest BCUT2D eigenvalue weighted by atomic mass is 10.0. The summed E-state index contributed by atoms with van der Waals surface area (Å²) in [5.41, 5.74) is 1.40. The molecule has 5 heteroatoms. The maximum absolute atomic E-state index is 13.7. The number of hydrogen-bond acceptors (Lipinski definition) is 2. The number of amides is 1. The summed E-state index contributed by atoms with van der Waals surface area (Å²) in [6.45, 7) is 3.84. The summed E-state index contributed by atoms with van der Waals surface area (Å²) in [4.78, 5) is 11.7. The van der Waals surface area contributed by atoms with Crippen LogP contribution in [0.1, 0.15) is 35.8 Å². The largest absolute Gasteiger partial charge is 0.321 e. The zero-order valence-electron chi connectivity index (χ0n) is 10.2. The standard InChI is InChI=1S/C13H14FN3O/c1-8(2)10-4-3-9(7-11(10)14)16-13(18)12-5-6-15-17-12/h3-8H,1-2H3,(H,15,17)(H,16,18). The average Bonchev–Trinajstić information content (AvgIpc) is 2.81. The lowest BCUT2D eigenvalue weighted by Crippen LogP contribution is -2.12. The van der Waals surface area contributed by atoms with Gasteiger partial charge in [-0.15, -0.1) is 0 Å². The van der Waals surface area contributed by atoms with Gasteiger partial charge in [0.25, 0.3) is 5.91 Å². The van der Waals surface area contributed by atoms with E-state index in [1.807, 2.05) is 13.8 Å². The second-order valence-corrected chi connectivity index (χ2v) is 4.32. The van der Waals surface area contributed by atoms with E-state index in [-0.39, 0.29) is 17.6 Å². The third-order valence-corrected chi connectivity index (χ3v) is 2.63. The molecule has 0 aliphatic heterocycles. The highest BCUT2D eigenvalue weighted by Gasteiger charge is 2.10. The molecule has 0 saturated carbocycles. The Kier molecular flexibility index (Phi) is 3.41. The van der Waals surface area contributed by atoms with Gasteiger partial charge in [0, 0.05) is 11.9 Å². The minimum Gasteiger partial charge on any atom is -0.321 e. The highest BCUT2D eigenvalue weighted by Crippen LogP contribution is 2.21. The molecule has 1 amide bonds. The number of aromatic amines is 1. The molecule has 0 aliphatic carbocycles. The monoisotopic (exact) mass is 247 g/mol. The zero-order chi connectivity index (χ0) is 13.1. The number of benzene rings is 1. The van der Waals surface area contributed by atoms with E-state index in [2.05, 4.69) is 15.5 Å². The summed E-state index contributed by atoms with van der Waals surface area (Å²) >= 11 is 0. The highest BCUT2D eigenvalue weighted by atomic mass is 19.1. The number of carbonyl (C=O) groups is 1. The molecule has 2 aromatic rings. The third kappa shape index (κ3) is 2.56. The van der Waals surface area contributed by atoms with E-state index in [9.17, 15) is 9.18 Å². The zero-order valence-corrected chi connectivity index (χ0v) is 10.2. The van der Waals surface area contributed by atoms with Gasteiger partial charge in [0.2, 0.25) is 0 Å². The van der Waals surface area contributed by atoms with E-state index in [4.69, 9.17) is 0 Å². The summed E-state index contributed by atoms with van der Waals surface area (Å²) < 4.78 is 13.7. The van der Waals surface area contributed by atoms with Crippen molar-refractivity contribution < 1.29 is 9.18 Å². The molecule has 0 aliphatic rings. The van der Waals surface area contributed by atoms with Crippen LogP contribution in [0.25, 0.3) is 0 Å². The van der Waals surface area contributed by atoms with Gasteiger partial charge in [-0.2, -0.15) is 5.10 Å². The maximum Gasteiger partial charge on any atom is 0.273 e. The number of hydrogen-bond donors (Lipinski definition) is 2. The SMILES string of the molecule is CC(C)c1ccc(NC(=O)c2ccn[nH]2)cc1F. The first-order chi connectivity index (χ1) is 8.58. The molecule has 1 aromatic carbocycles. The van der Waals surface area contributed by atoms with Crippen LogP contribution in [0.15, 0.2) is 30.5 Å². The predicted molar refractivity (Wildman–Crippen MR) is 67.0 cm³/mol. The lowest BCUT2D eigenvalue weighted by molar-refractivity contribution is 0.102. The Labute approximate surface area is 104 Å². The molecule has 0 radical (unpaired) electrons. The Hall–Kier alpha value is -2.17. The van der Waals surface area contributed by atoms with Gasteiger partial charge in [-0.05, 0) is 29.7 Å². The number of carbonyl (C=O) groups excluding carboxylic acids is 1. The second-order valence-electron chi connectivity index (χ2n) is 4.32. The molecule has 0 spiro atoms. The Balaban J connectivity index is 2.16. The number of aromatic nitrogens is 2. The number of rotatable bonds is 3. The van der Waals surface area contributed by atoms with Crippen LogP contribution in [-0.2, 0) is 0 Å². The van der Waals surface area contributed by atoms with Crippen LogP contribution < -0.4 is 5.32 Å². The van der Waals surface area contributed by atoms with Gasteiger partial charge in [0.05, 0.1) is 0 Å². The van der Waals surface area contributed by atoms with E-state index in [1.165, 1.54) is 12.3 Å². The topological polar surface area (TPSA) is 57.8 Å². The first-order valence-corrected chi connectivity index (χ1v) is 5.68. The van der Waals surface area contributed by atoms with Crippen LogP contribution in [0, 0.1) is 5.82 Å². The van der Waals surface area contributed by atoms with Crippen molar-refractivity contribution in [3.05, 3.63) is 47.5 Å². The molecule has 4 nitrogen and oxygen atoms in total. The number of nitrogens with one attached hydrogen (secondary N) is 2. The third-order valence-electron chi connectivity index (χ3n) is 2.63. The molecule has 2 rings (SSSR count). The van der Waals surface area contributed by atoms with E-state index < -0.39 is 0 Å². The number of halogens is 1.